The van der Waals surface area contributed by atoms with E-state index in [4.69, 9.17) is 0 Å². The number of carbonyl (C=O) groups is 1. The maximum absolute atomic E-state index is 13.1. The normalized spacial score (nSPS) is 19.4. The lowest BCUT2D eigenvalue weighted by Crippen LogP contribution is -2.35. The number of rotatable bonds is 4. The molecule has 1 aromatic carbocycles. The smallest absolute Gasteiger partial charge is 0.220 e. The molecular weight excluding hydrogens is 287 g/mol. The van der Waals surface area contributed by atoms with Crippen molar-refractivity contribution in [3.63, 3.8) is 0 Å². The summed E-state index contributed by atoms with van der Waals surface area (Å²) in [6, 6.07) is 5.02. The zero-order chi connectivity index (χ0) is 12.3. The van der Waals surface area contributed by atoms with Crippen molar-refractivity contribution >= 4 is 21.8 Å². The van der Waals surface area contributed by atoms with Crippen molar-refractivity contribution in [3.05, 3.63) is 34.1 Å². The number of halogens is 2. The Hall–Kier alpha value is -0.940. The van der Waals surface area contributed by atoms with E-state index in [2.05, 4.69) is 26.6 Å². The van der Waals surface area contributed by atoms with Gasteiger partial charge in [0.15, 0.2) is 0 Å². The first-order valence-corrected chi connectivity index (χ1v) is 6.38. The first-order valence-electron chi connectivity index (χ1n) is 5.58. The van der Waals surface area contributed by atoms with E-state index in [1.165, 1.54) is 12.1 Å². The van der Waals surface area contributed by atoms with E-state index < -0.39 is 0 Å². The van der Waals surface area contributed by atoms with Crippen LogP contribution in [0.3, 0.4) is 0 Å². The highest BCUT2D eigenvalue weighted by molar-refractivity contribution is 9.10. The molecular formula is C12H14BrFN2O. The molecule has 1 atom stereocenters. The van der Waals surface area contributed by atoms with Gasteiger partial charge in [0, 0.05) is 30.0 Å². The first-order chi connectivity index (χ1) is 8.13. The number of carbonyl (C=O) groups excluding carboxylic acids is 1. The van der Waals surface area contributed by atoms with Crippen molar-refractivity contribution in [1.82, 2.24) is 10.6 Å². The molecule has 0 radical (unpaired) electrons. The summed E-state index contributed by atoms with van der Waals surface area (Å²) in [5.41, 5.74) is 0.890. The van der Waals surface area contributed by atoms with E-state index in [1.54, 1.807) is 0 Å². The van der Waals surface area contributed by atoms with E-state index in [1.807, 2.05) is 6.07 Å². The highest BCUT2D eigenvalue weighted by atomic mass is 79.9. The summed E-state index contributed by atoms with van der Waals surface area (Å²) >= 11 is 3.25. The minimum atomic E-state index is -0.245. The van der Waals surface area contributed by atoms with Crippen LogP contribution in [-0.2, 0) is 11.3 Å². The van der Waals surface area contributed by atoms with Crippen molar-refractivity contribution in [2.45, 2.75) is 25.4 Å². The first kappa shape index (κ1) is 12.5. The largest absolute Gasteiger partial charge is 0.352 e. The van der Waals surface area contributed by atoms with Crippen LogP contribution >= 0.6 is 15.9 Å². The molecule has 0 bridgehead atoms. The van der Waals surface area contributed by atoms with Crippen LogP contribution in [0.1, 0.15) is 18.4 Å². The zero-order valence-corrected chi connectivity index (χ0v) is 10.9. The van der Waals surface area contributed by atoms with Crippen LogP contribution in [0.15, 0.2) is 22.7 Å². The van der Waals surface area contributed by atoms with Gasteiger partial charge in [-0.05, 0) is 30.2 Å². The maximum Gasteiger partial charge on any atom is 0.220 e. The van der Waals surface area contributed by atoms with Gasteiger partial charge in [0.1, 0.15) is 5.82 Å². The second kappa shape index (κ2) is 5.60. The van der Waals surface area contributed by atoms with Crippen molar-refractivity contribution in [3.8, 4) is 0 Å². The molecule has 1 amide bonds. The molecule has 2 N–H and O–H groups in total. The van der Waals surface area contributed by atoms with Crippen LogP contribution in [0.2, 0.25) is 0 Å². The fourth-order valence-electron chi connectivity index (χ4n) is 1.93. The van der Waals surface area contributed by atoms with Gasteiger partial charge < -0.3 is 10.6 Å². The highest BCUT2D eigenvalue weighted by Crippen LogP contribution is 2.14. The van der Waals surface area contributed by atoms with Crippen molar-refractivity contribution in [2.24, 2.45) is 0 Å². The predicted molar refractivity (Wildman–Crippen MR) is 67.0 cm³/mol. The van der Waals surface area contributed by atoms with Crippen LogP contribution in [0.5, 0.6) is 0 Å². The molecule has 0 aliphatic carbocycles. The van der Waals surface area contributed by atoms with Crippen LogP contribution in [0.25, 0.3) is 0 Å². The number of amides is 1. The predicted octanol–water partition coefficient (Wildman–Crippen LogP) is 1.96. The van der Waals surface area contributed by atoms with Crippen molar-refractivity contribution in [2.75, 3.05) is 6.54 Å². The topological polar surface area (TPSA) is 41.1 Å². The third-order valence-corrected chi connectivity index (χ3v) is 3.19. The van der Waals surface area contributed by atoms with Gasteiger partial charge in [-0.1, -0.05) is 15.9 Å². The number of hydrogen-bond donors (Lipinski definition) is 2. The third-order valence-electron chi connectivity index (χ3n) is 2.73. The van der Waals surface area contributed by atoms with Gasteiger partial charge in [0.05, 0.1) is 0 Å². The average molecular weight is 301 g/mol. The summed E-state index contributed by atoms with van der Waals surface area (Å²) in [5, 5.41) is 6.09. The van der Waals surface area contributed by atoms with Crippen molar-refractivity contribution in [1.29, 1.82) is 0 Å². The summed E-state index contributed by atoms with van der Waals surface area (Å²) in [6.07, 6.45) is 1.48. The van der Waals surface area contributed by atoms with Crippen molar-refractivity contribution < 1.29 is 9.18 Å². The quantitative estimate of drug-likeness (QED) is 0.892. The van der Waals surface area contributed by atoms with E-state index >= 15 is 0 Å². The molecule has 5 heteroatoms. The fourth-order valence-corrected chi connectivity index (χ4v) is 2.45. The number of nitrogens with one attached hydrogen (secondary N) is 2. The highest BCUT2D eigenvalue weighted by Gasteiger charge is 2.19. The van der Waals surface area contributed by atoms with E-state index in [0.29, 0.717) is 13.0 Å². The van der Waals surface area contributed by atoms with Crippen LogP contribution in [0, 0.1) is 5.82 Å². The molecule has 1 aliphatic rings. The zero-order valence-electron chi connectivity index (χ0n) is 9.30. The summed E-state index contributed by atoms with van der Waals surface area (Å²) in [6.45, 7) is 1.32. The molecule has 17 heavy (non-hydrogen) atoms. The molecule has 3 nitrogen and oxygen atoms in total. The minimum Gasteiger partial charge on any atom is -0.352 e. The van der Waals surface area contributed by atoms with Gasteiger partial charge in [-0.3, -0.25) is 4.79 Å². The van der Waals surface area contributed by atoms with Gasteiger partial charge in [-0.15, -0.1) is 0 Å². The molecule has 1 unspecified atom stereocenters. The monoisotopic (exact) mass is 300 g/mol. The average Bonchev–Trinajstić information content (AvgIpc) is 2.63. The van der Waals surface area contributed by atoms with Gasteiger partial charge in [0.25, 0.3) is 0 Å². The molecule has 0 saturated carbocycles. The molecule has 1 saturated heterocycles. The Morgan fingerprint density at radius 1 is 1.47 bits per heavy atom. The third kappa shape index (κ3) is 3.78. The second-order valence-corrected chi connectivity index (χ2v) is 5.13. The standard InChI is InChI=1S/C12H14BrFN2O/c13-9-3-8(4-10(14)5-9)6-15-7-11-1-2-12(17)16-11/h3-5,11,15H,1-2,6-7H2,(H,16,17). The Morgan fingerprint density at radius 2 is 2.29 bits per heavy atom. The minimum absolute atomic E-state index is 0.116. The molecule has 2 rings (SSSR count). The Morgan fingerprint density at radius 3 is 2.94 bits per heavy atom. The lowest BCUT2D eigenvalue weighted by atomic mass is 10.2. The fraction of sp³-hybridized carbons (Fsp3) is 0.417. The summed E-state index contributed by atoms with van der Waals surface area (Å²) in [7, 11) is 0. The lowest BCUT2D eigenvalue weighted by molar-refractivity contribution is -0.119. The van der Waals surface area contributed by atoms with Crippen LogP contribution in [-0.4, -0.2) is 18.5 Å². The van der Waals surface area contributed by atoms with E-state index in [9.17, 15) is 9.18 Å². The Balaban J connectivity index is 1.79. The number of benzene rings is 1. The molecule has 1 aromatic rings. The molecule has 0 spiro atoms. The summed E-state index contributed by atoms with van der Waals surface area (Å²) in [5.74, 6) is -0.129. The van der Waals surface area contributed by atoms with E-state index in [-0.39, 0.29) is 17.8 Å². The van der Waals surface area contributed by atoms with Gasteiger partial charge in [-0.25, -0.2) is 4.39 Å². The lowest BCUT2D eigenvalue weighted by Gasteiger charge is -2.11. The Labute approximate surface area is 108 Å². The Bertz CT molecular complexity index is 405. The van der Waals surface area contributed by atoms with Gasteiger partial charge >= 0.3 is 0 Å². The maximum atomic E-state index is 13.1. The van der Waals surface area contributed by atoms with Crippen LogP contribution in [0.4, 0.5) is 4.39 Å². The van der Waals surface area contributed by atoms with E-state index in [0.717, 1.165) is 23.0 Å². The molecule has 1 aliphatic heterocycles. The Kier molecular flexibility index (Phi) is 4.12. The second-order valence-electron chi connectivity index (χ2n) is 4.21. The SMILES string of the molecule is O=C1CCC(CNCc2cc(F)cc(Br)c2)N1. The van der Waals surface area contributed by atoms with Gasteiger partial charge in [-0.2, -0.15) is 0 Å². The molecule has 1 heterocycles. The molecule has 1 fully saturated rings. The molecule has 92 valence electrons. The van der Waals surface area contributed by atoms with Crippen LogP contribution < -0.4 is 10.6 Å². The van der Waals surface area contributed by atoms with Gasteiger partial charge in [0.2, 0.25) is 5.91 Å². The number of hydrogen-bond acceptors (Lipinski definition) is 2. The summed E-state index contributed by atoms with van der Waals surface area (Å²) < 4.78 is 13.8. The molecule has 0 aromatic heterocycles. The summed E-state index contributed by atoms with van der Waals surface area (Å²) in [4.78, 5) is 11.0.